The molecule has 3 unspecified atom stereocenters. The van der Waals surface area contributed by atoms with Gasteiger partial charge in [-0.1, -0.05) is 237 Å². The summed E-state index contributed by atoms with van der Waals surface area (Å²) in [7, 11) is 0. The fourth-order valence-corrected chi connectivity index (χ4v) is 12.3. The lowest BCUT2D eigenvalue weighted by Gasteiger charge is -2.39. The van der Waals surface area contributed by atoms with Crippen molar-refractivity contribution in [3.8, 4) is 22.3 Å². The molecule has 8 aromatic rings. The highest BCUT2D eigenvalue weighted by Gasteiger charge is 2.56. The second-order valence-electron chi connectivity index (χ2n) is 17.8. The van der Waals surface area contributed by atoms with Gasteiger partial charge in [-0.2, -0.15) is 0 Å². The average molecular weight is 801 g/mol. The maximum absolute atomic E-state index is 2.49. The molecule has 0 nitrogen and oxygen atoms in total. The minimum Gasteiger partial charge on any atom is -0.0761 e. The van der Waals surface area contributed by atoms with Crippen molar-refractivity contribution in [2.24, 2.45) is 17.8 Å². The van der Waals surface area contributed by atoms with Gasteiger partial charge < -0.3 is 0 Å². The highest BCUT2D eigenvalue weighted by atomic mass is 14.6. The van der Waals surface area contributed by atoms with Crippen molar-refractivity contribution in [3.05, 3.63) is 279 Å². The number of benzene rings is 8. The molecule has 8 aromatic carbocycles. The Morgan fingerprint density at radius 3 is 1.70 bits per heavy atom. The van der Waals surface area contributed by atoms with E-state index in [4.69, 9.17) is 0 Å². The van der Waals surface area contributed by atoms with E-state index in [9.17, 15) is 0 Å². The fourth-order valence-electron chi connectivity index (χ4n) is 12.3. The largest absolute Gasteiger partial charge is 0.0761 e. The summed E-state index contributed by atoms with van der Waals surface area (Å²) in [5, 5.41) is 5.25. The maximum atomic E-state index is 2.49. The first kappa shape index (κ1) is 36.1. The Hall–Kier alpha value is -7.54. The van der Waals surface area contributed by atoms with Gasteiger partial charge in [-0.05, 0) is 111 Å². The quantitative estimate of drug-likeness (QED) is 0.152. The van der Waals surface area contributed by atoms with Gasteiger partial charge in [-0.25, -0.2) is 0 Å². The van der Waals surface area contributed by atoms with Crippen molar-refractivity contribution in [1.29, 1.82) is 0 Å². The molecular formula is C63H44. The van der Waals surface area contributed by atoms with Crippen LogP contribution in [0.5, 0.6) is 0 Å². The van der Waals surface area contributed by atoms with Crippen molar-refractivity contribution in [1.82, 2.24) is 0 Å². The summed E-state index contributed by atoms with van der Waals surface area (Å²) in [5.41, 5.74) is 20.3. The van der Waals surface area contributed by atoms with Crippen LogP contribution in [-0.2, 0) is 5.41 Å². The van der Waals surface area contributed by atoms with Gasteiger partial charge in [0.05, 0.1) is 5.41 Å². The number of allylic oxidation sites excluding steroid dienone is 8. The van der Waals surface area contributed by atoms with Crippen molar-refractivity contribution >= 4 is 39.6 Å². The summed E-state index contributed by atoms with van der Waals surface area (Å²) in [6, 6.07) is 70.2. The molecule has 0 saturated carbocycles. The molecule has 1 spiro atoms. The summed E-state index contributed by atoms with van der Waals surface area (Å²) >= 11 is 0. The van der Waals surface area contributed by atoms with Gasteiger partial charge in [0.15, 0.2) is 0 Å². The zero-order valence-corrected chi connectivity index (χ0v) is 35.0. The third kappa shape index (κ3) is 5.34. The molecule has 0 radical (unpaired) electrons. The topological polar surface area (TPSA) is 0 Å². The van der Waals surface area contributed by atoms with Crippen LogP contribution >= 0.6 is 0 Å². The van der Waals surface area contributed by atoms with E-state index in [-0.39, 0.29) is 23.2 Å². The first-order valence-corrected chi connectivity index (χ1v) is 22.5. The molecule has 5 aliphatic rings. The van der Waals surface area contributed by atoms with E-state index in [1.807, 2.05) is 0 Å². The van der Waals surface area contributed by atoms with E-state index in [2.05, 4.69) is 237 Å². The van der Waals surface area contributed by atoms with Crippen LogP contribution in [0.1, 0.15) is 45.4 Å². The SMILES string of the molecule is C1=CC2C(C3=CC=C4c5ccccc5C5(c6ccccc6-c6ccccc65)C4C3)=c3ccccc3=C(c3ccc(C=Cc4ccc(-c5ccccc5)c5ccccc45)cc3)C2C=C1. The van der Waals surface area contributed by atoms with Crippen molar-refractivity contribution in [2.75, 3.05) is 0 Å². The van der Waals surface area contributed by atoms with Crippen molar-refractivity contribution in [3.63, 3.8) is 0 Å². The van der Waals surface area contributed by atoms with E-state index in [0.717, 1.165) is 6.42 Å². The van der Waals surface area contributed by atoms with Gasteiger partial charge >= 0.3 is 0 Å². The molecule has 0 aromatic heterocycles. The Morgan fingerprint density at radius 2 is 0.984 bits per heavy atom. The predicted octanol–water partition coefficient (Wildman–Crippen LogP) is 13.8. The van der Waals surface area contributed by atoms with Crippen LogP contribution in [0.15, 0.2) is 230 Å². The number of rotatable bonds is 5. The predicted molar refractivity (Wildman–Crippen MR) is 264 cm³/mol. The van der Waals surface area contributed by atoms with Crippen LogP contribution < -0.4 is 10.4 Å². The molecular weight excluding hydrogens is 757 g/mol. The first-order chi connectivity index (χ1) is 31.3. The molecule has 13 rings (SSSR count). The summed E-state index contributed by atoms with van der Waals surface area (Å²) < 4.78 is 0. The summed E-state index contributed by atoms with van der Waals surface area (Å²) in [4.78, 5) is 0. The Morgan fingerprint density at radius 1 is 0.413 bits per heavy atom. The molecule has 0 heterocycles. The first-order valence-electron chi connectivity index (χ1n) is 22.5. The molecule has 0 saturated heterocycles. The van der Waals surface area contributed by atoms with Crippen molar-refractivity contribution < 1.29 is 0 Å². The lowest BCUT2D eigenvalue weighted by atomic mass is 9.62. The Labute approximate surface area is 369 Å². The third-order valence-corrected chi connectivity index (χ3v) is 14.8. The van der Waals surface area contributed by atoms with E-state index < -0.39 is 0 Å². The second-order valence-corrected chi connectivity index (χ2v) is 17.8. The third-order valence-electron chi connectivity index (χ3n) is 14.8. The summed E-state index contributed by atoms with van der Waals surface area (Å²) in [6.07, 6.45) is 19.9. The molecule has 0 N–H and O–H groups in total. The van der Waals surface area contributed by atoms with E-state index in [0.29, 0.717) is 0 Å². The van der Waals surface area contributed by atoms with Crippen LogP contribution in [0.4, 0.5) is 0 Å². The van der Waals surface area contributed by atoms with Gasteiger partial charge in [0, 0.05) is 17.8 Å². The number of fused-ring (bicyclic) bond motifs is 13. The lowest BCUT2D eigenvalue weighted by Crippen LogP contribution is -2.41. The normalized spacial score (nSPS) is 19.6. The molecule has 0 aliphatic heterocycles. The molecule has 0 bridgehead atoms. The van der Waals surface area contributed by atoms with Crippen LogP contribution in [0.3, 0.4) is 0 Å². The summed E-state index contributed by atoms with van der Waals surface area (Å²) in [6.45, 7) is 0. The lowest BCUT2D eigenvalue weighted by molar-refractivity contribution is 0.486. The standard InChI is InChI=1S/C63H44/c1-2-16-42(17-3-1)47-38-36-43(46-18-4-5-19-48(46)47)33-30-41-31-34-44(35-32-41)61-53-23-6-8-25-55(53)62(56-26-9-7-24-54(56)61)45-37-39-52-51-22-12-15-29-59(51)63(60(52)40-45)57-27-13-10-20-49(57)50-21-11-14-28-58(50)63/h1-39,53,55,60H,40H2. The molecule has 5 aliphatic carbocycles. The molecule has 0 heteroatoms. The monoisotopic (exact) mass is 800 g/mol. The van der Waals surface area contributed by atoms with E-state index >= 15 is 0 Å². The molecule has 0 fully saturated rings. The fraction of sp³-hybridized carbons (Fsp3) is 0.0794. The highest BCUT2D eigenvalue weighted by molar-refractivity contribution is 6.02. The number of hydrogen-bond acceptors (Lipinski definition) is 0. The van der Waals surface area contributed by atoms with Gasteiger partial charge in [-0.3, -0.25) is 0 Å². The Kier molecular flexibility index (Phi) is 8.18. The zero-order valence-electron chi connectivity index (χ0n) is 35.0. The Bertz CT molecular complexity index is 3430. The Balaban J connectivity index is 0.913. The maximum Gasteiger partial charge on any atom is 0.0541 e. The second kappa shape index (κ2) is 14.3. The van der Waals surface area contributed by atoms with Gasteiger partial charge in [0.1, 0.15) is 0 Å². The minimum absolute atomic E-state index is 0.227. The molecule has 296 valence electrons. The van der Waals surface area contributed by atoms with E-state index in [1.54, 1.807) is 0 Å². The average Bonchev–Trinajstić information content (AvgIpc) is 3.82. The van der Waals surface area contributed by atoms with Crippen molar-refractivity contribution in [2.45, 2.75) is 11.8 Å². The minimum atomic E-state index is -0.238. The smallest absolute Gasteiger partial charge is 0.0541 e. The van der Waals surface area contributed by atoms with Gasteiger partial charge in [0.2, 0.25) is 0 Å². The molecule has 0 amide bonds. The van der Waals surface area contributed by atoms with Crippen LogP contribution in [0.2, 0.25) is 0 Å². The van der Waals surface area contributed by atoms with E-state index in [1.165, 1.54) is 105 Å². The number of hydrogen-bond donors (Lipinski definition) is 0. The summed E-state index contributed by atoms with van der Waals surface area (Å²) in [5.74, 6) is 0.743. The van der Waals surface area contributed by atoms with Crippen LogP contribution in [0.25, 0.3) is 61.9 Å². The van der Waals surface area contributed by atoms with Crippen LogP contribution in [0, 0.1) is 17.8 Å². The molecule has 63 heavy (non-hydrogen) atoms. The zero-order chi connectivity index (χ0) is 41.5. The molecule has 3 atom stereocenters. The van der Waals surface area contributed by atoms with Gasteiger partial charge in [-0.15, -0.1) is 0 Å². The van der Waals surface area contributed by atoms with Gasteiger partial charge in [0.25, 0.3) is 0 Å². The highest BCUT2D eigenvalue weighted by Crippen LogP contribution is 2.66. The van der Waals surface area contributed by atoms with Crippen LogP contribution in [-0.4, -0.2) is 0 Å².